The summed E-state index contributed by atoms with van der Waals surface area (Å²) < 4.78 is 0. The average molecular weight is 459 g/mol. The van der Waals surface area contributed by atoms with Crippen LogP contribution in [0.3, 0.4) is 0 Å². The molecule has 7 atom stereocenters. The Hall–Kier alpha value is -2.59. The first kappa shape index (κ1) is 19.1. The highest BCUT2D eigenvalue weighted by Gasteiger charge is 2.69. The number of hydrogen-bond donors (Lipinski definition) is 3. The Kier molecular flexibility index (Phi) is 3.98. The Labute approximate surface area is 184 Å². The molecule has 8 nitrogen and oxygen atoms in total. The van der Waals surface area contributed by atoms with E-state index in [2.05, 4.69) is 4.98 Å². The van der Waals surface area contributed by atoms with E-state index < -0.39 is 24.3 Å². The molecule has 2 amide bonds. The number of fused-ring (bicyclic) bond motifs is 9. The van der Waals surface area contributed by atoms with Gasteiger partial charge >= 0.3 is 10.8 Å². The van der Waals surface area contributed by atoms with Crippen LogP contribution in [-0.4, -0.2) is 49.7 Å². The van der Waals surface area contributed by atoms with Gasteiger partial charge < -0.3 is 15.2 Å². The van der Waals surface area contributed by atoms with E-state index in [0.29, 0.717) is 0 Å². The van der Waals surface area contributed by atoms with Gasteiger partial charge in [0.15, 0.2) is 0 Å². The second-order valence-corrected chi connectivity index (χ2v) is 10.9. The highest BCUT2D eigenvalue weighted by molar-refractivity contribution is 8.00. The molecule has 1 aromatic heterocycles. The van der Waals surface area contributed by atoms with Crippen molar-refractivity contribution >= 4 is 40.9 Å². The van der Waals surface area contributed by atoms with Crippen molar-refractivity contribution in [1.82, 2.24) is 9.88 Å². The van der Waals surface area contributed by atoms with Crippen LogP contribution in [0.15, 0.2) is 34.1 Å². The Balaban J connectivity index is 1.45. The molecule has 2 aliphatic carbocycles. The van der Waals surface area contributed by atoms with Gasteiger partial charge in [0.1, 0.15) is 12.3 Å². The van der Waals surface area contributed by atoms with Crippen molar-refractivity contribution in [3.8, 4) is 5.75 Å². The molecule has 3 fully saturated rings. The maximum Gasteiger partial charge on any atom is 0.323 e. The number of phenols is 1. The van der Waals surface area contributed by atoms with Crippen LogP contribution in [0.5, 0.6) is 5.75 Å². The smallest absolute Gasteiger partial charge is 0.323 e. The number of phenolic OH excluding ortho intramolecular Hbond substituents is 1. The van der Waals surface area contributed by atoms with Crippen LogP contribution >= 0.6 is 23.1 Å². The highest BCUT2D eigenvalue weighted by atomic mass is 32.2. The summed E-state index contributed by atoms with van der Waals surface area (Å²) >= 11 is 2.76. The van der Waals surface area contributed by atoms with Gasteiger partial charge in [-0.1, -0.05) is 23.5 Å². The third-order valence-corrected chi connectivity index (χ3v) is 9.95. The summed E-state index contributed by atoms with van der Waals surface area (Å²) in [5.41, 5.74) is 0.966. The fourth-order valence-electron chi connectivity index (χ4n) is 6.42. The topological polar surface area (TPSA) is 128 Å². The Bertz CT molecular complexity index is 1190. The summed E-state index contributed by atoms with van der Waals surface area (Å²) in [5, 5.41) is 19.8. The number of carboxylic acids is 1. The zero-order valence-electron chi connectivity index (χ0n) is 16.1. The van der Waals surface area contributed by atoms with Gasteiger partial charge in [0, 0.05) is 16.0 Å². The van der Waals surface area contributed by atoms with Crippen LogP contribution in [-0.2, 0) is 14.4 Å². The van der Waals surface area contributed by atoms with E-state index in [1.54, 1.807) is 23.9 Å². The van der Waals surface area contributed by atoms with E-state index in [1.165, 1.54) is 11.3 Å². The number of rotatable bonds is 3. The number of aromatic amines is 1. The number of nitrogens with one attached hydrogen (secondary N) is 1. The van der Waals surface area contributed by atoms with Gasteiger partial charge in [0.05, 0.1) is 16.9 Å². The maximum atomic E-state index is 13.1. The van der Waals surface area contributed by atoms with Crippen molar-refractivity contribution in [2.24, 2.45) is 29.6 Å². The minimum Gasteiger partial charge on any atom is -0.508 e. The van der Waals surface area contributed by atoms with E-state index in [9.17, 15) is 24.3 Å². The number of thiazole rings is 1. The molecule has 1 aromatic carbocycles. The van der Waals surface area contributed by atoms with Gasteiger partial charge in [-0.05, 0) is 41.9 Å². The largest absolute Gasteiger partial charge is 0.508 e. The molecule has 0 radical (unpaired) electrons. The van der Waals surface area contributed by atoms with Gasteiger partial charge in [0.25, 0.3) is 0 Å². The molecule has 160 valence electrons. The summed E-state index contributed by atoms with van der Waals surface area (Å²) in [6.07, 6.45) is 0.754. The van der Waals surface area contributed by atoms with Crippen LogP contribution in [0, 0.1) is 29.6 Å². The number of aromatic nitrogens is 1. The molecule has 0 unspecified atom stereocenters. The first-order valence-corrected chi connectivity index (χ1v) is 11.8. The fraction of sp³-hybridized carbons (Fsp3) is 0.429. The first-order chi connectivity index (χ1) is 14.8. The number of carbonyl (C=O) groups excluding carboxylic acids is 2. The lowest BCUT2D eigenvalue weighted by atomic mass is 9.68. The standard InChI is InChI=1S/C21H18N2O6S2/c24-8-3-1-7(2-4-8)12-13-9-5-10(16(13)30-18-17(12)31-21(29)22-18)15-14(9)19(27)23(20(15)28)6-11(25)26/h1-4,9-10,12-16,24H,5-6H2,(H,22,29)(H,25,26)/t9-,10-,12+,13-,14-,15+,16-/m1/s1. The summed E-state index contributed by atoms with van der Waals surface area (Å²) in [4.78, 5) is 54.1. The number of H-pyrrole nitrogens is 1. The summed E-state index contributed by atoms with van der Waals surface area (Å²) in [7, 11) is 0. The number of benzene rings is 1. The third-order valence-electron chi connectivity index (χ3n) is 7.36. The Morgan fingerprint density at radius 3 is 2.45 bits per heavy atom. The number of hydrogen-bond acceptors (Lipinski definition) is 7. The molecule has 6 rings (SSSR count). The SMILES string of the molecule is O=C(O)CN1C(=O)[C@@H]2[C@@H]3C[C@@H]([C@H]4Sc5[nH]c(=O)sc5[C@@H](c5ccc(O)cc5)[C@@H]34)[C@@H]2C1=O. The Morgan fingerprint density at radius 2 is 1.77 bits per heavy atom. The molecule has 0 spiro atoms. The molecule has 2 aliphatic heterocycles. The van der Waals surface area contributed by atoms with Crippen molar-refractivity contribution < 1.29 is 24.6 Å². The predicted octanol–water partition coefficient (Wildman–Crippen LogP) is 1.70. The molecule has 1 saturated heterocycles. The fourth-order valence-corrected chi connectivity index (χ4v) is 9.31. The minimum atomic E-state index is -1.19. The second kappa shape index (κ2) is 6.46. The van der Waals surface area contributed by atoms with Gasteiger partial charge in [0.2, 0.25) is 11.8 Å². The lowest BCUT2D eigenvalue weighted by Crippen LogP contribution is -2.42. The molecule has 4 aliphatic rings. The molecular formula is C21H18N2O6S2. The predicted molar refractivity (Wildman–Crippen MR) is 111 cm³/mol. The molecule has 10 heteroatoms. The monoisotopic (exact) mass is 458 g/mol. The van der Waals surface area contributed by atoms with Crippen molar-refractivity contribution in [1.29, 1.82) is 0 Å². The lowest BCUT2D eigenvalue weighted by molar-refractivity contribution is -0.149. The van der Waals surface area contributed by atoms with E-state index >= 15 is 0 Å². The van der Waals surface area contributed by atoms with E-state index in [1.807, 2.05) is 12.1 Å². The normalized spacial score (nSPS) is 35.2. The minimum absolute atomic E-state index is 0.0311. The number of imide groups is 1. The van der Waals surface area contributed by atoms with Crippen molar-refractivity contribution in [2.75, 3.05) is 6.54 Å². The number of aliphatic carboxylic acids is 1. The number of likely N-dealkylation sites (tertiary alicyclic amines) is 1. The zero-order chi connectivity index (χ0) is 21.6. The maximum absolute atomic E-state index is 13.1. The van der Waals surface area contributed by atoms with E-state index in [-0.39, 0.29) is 51.4 Å². The summed E-state index contributed by atoms with van der Waals surface area (Å²) in [6.45, 7) is -0.589. The van der Waals surface area contributed by atoms with Crippen LogP contribution in [0.4, 0.5) is 0 Å². The number of amides is 2. The van der Waals surface area contributed by atoms with Gasteiger partial charge in [-0.15, -0.1) is 11.8 Å². The molecular weight excluding hydrogens is 440 g/mol. The average Bonchev–Trinajstić information content (AvgIpc) is 3.44. The zero-order valence-corrected chi connectivity index (χ0v) is 17.7. The summed E-state index contributed by atoms with van der Waals surface area (Å²) in [5.74, 6) is -2.87. The van der Waals surface area contributed by atoms with Crippen LogP contribution < -0.4 is 4.87 Å². The number of carbonyl (C=O) groups is 3. The van der Waals surface area contributed by atoms with Crippen molar-refractivity contribution in [3.05, 3.63) is 44.4 Å². The van der Waals surface area contributed by atoms with Gasteiger partial charge in [-0.3, -0.25) is 24.1 Å². The van der Waals surface area contributed by atoms with Crippen LogP contribution in [0.2, 0.25) is 0 Å². The highest BCUT2D eigenvalue weighted by Crippen LogP contribution is 2.68. The number of carboxylic acid groups (broad SMARTS) is 1. The molecule has 3 N–H and O–H groups in total. The van der Waals surface area contributed by atoms with E-state index in [4.69, 9.17) is 5.11 Å². The van der Waals surface area contributed by atoms with Gasteiger partial charge in [-0.2, -0.15) is 0 Å². The summed E-state index contributed by atoms with van der Waals surface area (Å²) in [6, 6.07) is 6.94. The molecule has 2 aromatic rings. The van der Waals surface area contributed by atoms with Gasteiger partial charge in [-0.25, -0.2) is 0 Å². The molecule has 2 saturated carbocycles. The number of aromatic hydroxyl groups is 1. The van der Waals surface area contributed by atoms with Crippen molar-refractivity contribution in [3.63, 3.8) is 0 Å². The molecule has 3 heterocycles. The van der Waals surface area contributed by atoms with Crippen LogP contribution in [0.25, 0.3) is 0 Å². The van der Waals surface area contributed by atoms with E-state index in [0.717, 1.165) is 26.8 Å². The molecule has 2 bridgehead atoms. The lowest BCUT2D eigenvalue weighted by Gasteiger charge is -2.43. The Morgan fingerprint density at radius 1 is 1.10 bits per heavy atom. The quantitative estimate of drug-likeness (QED) is 0.597. The first-order valence-electron chi connectivity index (χ1n) is 10.1. The third kappa shape index (κ3) is 2.54. The molecule has 31 heavy (non-hydrogen) atoms. The van der Waals surface area contributed by atoms with Crippen LogP contribution in [0.1, 0.15) is 22.8 Å². The number of thioether (sulfide) groups is 1. The number of nitrogens with zero attached hydrogens (tertiary/aromatic N) is 1. The van der Waals surface area contributed by atoms with Crippen molar-refractivity contribution in [2.45, 2.75) is 22.6 Å². The second-order valence-electron chi connectivity index (χ2n) is 8.71.